The fourth-order valence-electron chi connectivity index (χ4n) is 2.09. The van der Waals surface area contributed by atoms with Gasteiger partial charge in [-0.05, 0) is 37.6 Å². The smallest absolute Gasteiger partial charge is 0.378 e. The second-order valence-corrected chi connectivity index (χ2v) is 4.91. The van der Waals surface area contributed by atoms with Gasteiger partial charge in [0.25, 0.3) is 0 Å². The van der Waals surface area contributed by atoms with Crippen LogP contribution >= 0.6 is 0 Å². The Labute approximate surface area is 120 Å². The quantitative estimate of drug-likeness (QED) is 0.755. The van der Waals surface area contributed by atoms with E-state index in [4.69, 9.17) is 0 Å². The second kappa shape index (κ2) is 5.76. The van der Waals surface area contributed by atoms with Gasteiger partial charge in [0.1, 0.15) is 5.82 Å². The third-order valence-corrected chi connectivity index (χ3v) is 3.31. The molecule has 1 N–H and O–H groups in total. The summed E-state index contributed by atoms with van der Waals surface area (Å²) in [6.45, 7) is 3.41. The Bertz CT molecular complexity index is 634. The van der Waals surface area contributed by atoms with Crippen LogP contribution in [0.3, 0.4) is 0 Å². The first-order valence-electron chi connectivity index (χ1n) is 6.48. The average Bonchev–Trinajstić information content (AvgIpc) is 2.40. The van der Waals surface area contributed by atoms with Crippen molar-refractivity contribution in [2.45, 2.75) is 26.1 Å². The van der Waals surface area contributed by atoms with Crippen molar-refractivity contribution in [3.63, 3.8) is 0 Å². The molecule has 0 aliphatic carbocycles. The molecular weight excluding hydrogens is 282 g/mol. The highest BCUT2D eigenvalue weighted by atomic mass is 19.4. The highest BCUT2D eigenvalue weighted by molar-refractivity contribution is 5.54. The summed E-state index contributed by atoms with van der Waals surface area (Å²) in [4.78, 5) is 0. The van der Waals surface area contributed by atoms with Crippen LogP contribution in [0.4, 0.5) is 23.2 Å². The average molecular weight is 297 g/mol. The van der Waals surface area contributed by atoms with Gasteiger partial charge in [-0.2, -0.15) is 13.2 Å². The predicted octanol–water partition coefficient (Wildman–Crippen LogP) is 5.33. The number of alkyl halides is 3. The van der Waals surface area contributed by atoms with Crippen LogP contribution in [-0.2, 0) is 6.18 Å². The van der Waals surface area contributed by atoms with E-state index in [1.807, 2.05) is 0 Å². The SMILES string of the molecule is Cc1ccc(C(F)(F)F)cc1NC(C)c1ccccc1F. The van der Waals surface area contributed by atoms with Crippen LogP contribution in [0.25, 0.3) is 0 Å². The van der Waals surface area contributed by atoms with Gasteiger partial charge in [0.15, 0.2) is 0 Å². The zero-order valence-corrected chi connectivity index (χ0v) is 11.6. The fourth-order valence-corrected chi connectivity index (χ4v) is 2.09. The van der Waals surface area contributed by atoms with Crippen LogP contribution in [0, 0.1) is 12.7 Å². The number of benzene rings is 2. The predicted molar refractivity (Wildman–Crippen MR) is 74.6 cm³/mol. The molecule has 5 heteroatoms. The maximum atomic E-state index is 13.7. The maximum absolute atomic E-state index is 13.7. The lowest BCUT2D eigenvalue weighted by atomic mass is 10.1. The van der Waals surface area contributed by atoms with Crippen LogP contribution in [0.5, 0.6) is 0 Å². The first-order valence-corrected chi connectivity index (χ1v) is 6.48. The summed E-state index contributed by atoms with van der Waals surface area (Å²) in [5, 5.41) is 2.94. The minimum atomic E-state index is -4.40. The first-order chi connectivity index (χ1) is 9.79. The third-order valence-electron chi connectivity index (χ3n) is 3.31. The van der Waals surface area contributed by atoms with Gasteiger partial charge in [0.2, 0.25) is 0 Å². The van der Waals surface area contributed by atoms with E-state index in [-0.39, 0.29) is 5.82 Å². The minimum absolute atomic E-state index is 0.348. The van der Waals surface area contributed by atoms with Crippen LogP contribution in [0.2, 0.25) is 0 Å². The van der Waals surface area contributed by atoms with Gasteiger partial charge in [-0.3, -0.25) is 0 Å². The molecule has 2 aromatic rings. The molecule has 2 aromatic carbocycles. The van der Waals surface area contributed by atoms with E-state index in [0.29, 0.717) is 16.8 Å². The molecule has 0 spiro atoms. The highest BCUT2D eigenvalue weighted by Gasteiger charge is 2.30. The number of rotatable bonds is 3. The lowest BCUT2D eigenvalue weighted by Gasteiger charge is -2.19. The maximum Gasteiger partial charge on any atom is 0.416 e. The van der Waals surface area contributed by atoms with Gasteiger partial charge < -0.3 is 5.32 Å². The van der Waals surface area contributed by atoms with Crippen molar-refractivity contribution < 1.29 is 17.6 Å². The summed E-state index contributed by atoms with van der Waals surface area (Å²) in [6.07, 6.45) is -4.40. The molecule has 0 aromatic heterocycles. The van der Waals surface area contributed by atoms with E-state index in [9.17, 15) is 17.6 Å². The van der Waals surface area contributed by atoms with Crippen LogP contribution in [0.1, 0.15) is 29.7 Å². The standard InChI is InChI=1S/C16H15F4N/c1-10-7-8-12(16(18,19)20)9-15(10)21-11(2)13-5-3-4-6-14(13)17/h3-9,11,21H,1-2H3. The molecule has 2 rings (SSSR count). The highest BCUT2D eigenvalue weighted by Crippen LogP contribution is 2.33. The van der Waals surface area contributed by atoms with E-state index in [1.165, 1.54) is 12.1 Å². The number of hydrogen-bond donors (Lipinski definition) is 1. The molecule has 1 nitrogen and oxygen atoms in total. The summed E-state index contributed by atoms with van der Waals surface area (Å²) < 4.78 is 51.9. The number of aryl methyl sites for hydroxylation is 1. The molecule has 0 amide bonds. The molecule has 1 unspecified atom stereocenters. The Hall–Kier alpha value is -2.04. The Kier molecular flexibility index (Phi) is 4.21. The first kappa shape index (κ1) is 15.4. The summed E-state index contributed by atoms with van der Waals surface area (Å²) >= 11 is 0. The summed E-state index contributed by atoms with van der Waals surface area (Å²) in [6, 6.07) is 9.24. The van der Waals surface area contributed by atoms with Crippen molar-refractivity contribution in [2.75, 3.05) is 5.32 Å². The van der Waals surface area contributed by atoms with Crippen molar-refractivity contribution in [1.82, 2.24) is 0 Å². The van der Waals surface area contributed by atoms with E-state index < -0.39 is 17.8 Å². The van der Waals surface area contributed by atoms with Gasteiger partial charge in [0, 0.05) is 11.3 Å². The normalized spacial score (nSPS) is 13.0. The van der Waals surface area contributed by atoms with Gasteiger partial charge in [-0.25, -0.2) is 4.39 Å². The topological polar surface area (TPSA) is 12.0 Å². The molecule has 0 bridgehead atoms. The fraction of sp³-hybridized carbons (Fsp3) is 0.250. The molecule has 0 saturated heterocycles. The molecule has 0 radical (unpaired) electrons. The minimum Gasteiger partial charge on any atom is -0.378 e. The zero-order valence-electron chi connectivity index (χ0n) is 11.6. The molecule has 0 aliphatic heterocycles. The molecule has 0 heterocycles. The monoisotopic (exact) mass is 297 g/mol. The summed E-state index contributed by atoms with van der Waals surface area (Å²) in [5.74, 6) is -0.387. The summed E-state index contributed by atoms with van der Waals surface area (Å²) in [5.41, 5.74) is 0.706. The van der Waals surface area contributed by atoms with Crippen molar-refractivity contribution in [3.8, 4) is 0 Å². The number of nitrogens with one attached hydrogen (secondary N) is 1. The van der Waals surface area contributed by atoms with Crippen molar-refractivity contribution in [1.29, 1.82) is 0 Å². The molecule has 21 heavy (non-hydrogen) atoms. The lowest BCUT2D eigenvalue weighted by molar-refractivity contribution is -0.137. The molecule has 0 aliphatic rings. The van der Waals surface area contributed by atoms with Crippen LogP contribution in [0.15, 0.2) is 42.5 Å². The van der Waals surface area contributed by atoms with Gasteiger partial charge >= 0.3 is 6.18 Å². The summed E-state index contributed by atoms with van der Waals surface area (Å²) in [7, 11) is 0. The number of halogens is 4. The van der Waals surface area contributed by atoms with E-state index in [1.54, 1.807) is 32.0 Å². The van der Waals surface area contributed by atoms with E-state index in [0.717, 1.165) is 12.1 Å². The largest absolute Gasteiger partial charge is 0.416 e. The molecule has 0 fully saturated rings. The number of anilines is 1. The van der Waals surface area contributed by atoms with Crippen molar-refractivity contribution >= 4 is 5.69 Å². The lowest BCUT2D eigenvalue weighted by Crippen LogP contribution is -2.11. The van der Waals surface area contributed by atoms with Gasteiger partial charge in [-0.1, -0.05) is 24.3 Å². The van der Waals surface area contributed by atoms with Crippen molar-refractivity contribution in [2.24, 2.45) is 0 Å². The Morgan fingerprint density at radius 2 is 1.71 bits per heavy atom. The van der Waals surface area contributed by atoms with Crippen LogP contribution in [-0.4, -0.2) is 0 Å². The second-order valence-electron chi connectivity index (χ2n) is 4.91. The van der Waals surface area contributed by atoms with Crippen LogP contribution < -0.4 is 5.32 Å². The van der Waals surface area contributed by atoms with E-state index in [2.05, 4.69) is 5.32 Å². The molecule has 1 atom stereocenters. The molecule has 112 valence electrons. The zero-order chi connectivity index (χ0) is 15.6. The molecular formula is C16H15F4N. The van der Waals surface area contributed by atoms with E-state index >= 15 is 0 Å². The number of hydrogen-bond acceptors (Lipinski definition) is 1. The Morgan fingerprint density at radius 3 is 2.33 bits per heavy atom. The molecule has 0 saturated carbocycles. The van der Waals surface area contributed by atoms with Gasteiger partial charge in [0.05, 0.1) is 11.6 Å². The van der Waals surface area contributed by atoms with Gasteiger partial charge in [-0.15, -0.1) is 0 Å². The van der Waals surface area contributed by atoms with Crippen molar-refractivity contribution in [3.05, 3.63) is 65.0 Å². The Balaban J connectivity index is 2.29. The third kappa shape index (κ3) is 3.54. The Morgan fingerprint density at radius 1 is 1.05 bits per heavy atom.